The molecule has 0 unspecified atom stereocenters. The highest BCUT2D eigenvalue weighted by atomic mass is 35.5. The Morgan fingerprint density at radius 3 is 2.73 bits per heavy atom. The van der Waals surface area contributed by atoms with Gasteiger partial charge in [-0.3, -0.25) is 15.0 Å². The minimum absolute atomic E-state index is 0.168. The molecule has 10 heteroatoms. The first-order chi connectivity index (χ1) is 14.2. The lowest BCUT2D eigenvalue weighted by atomic mass is 10.1. The Morgan fingerprint density at radius 2 is 2.10 bits per heavy atom. The molecular formula is C20H23ClFN3O3S2. The summed E-state index contributed by atoms with van der Waals surface area (Å²) in [5.41, 5.74) is 0.445. The van der Waals surface area contributed by atoms with Gasteiger partial charge in [0.1, 0.15) is 10.6 Å². The first kappa shape index (κ1) is 22.8. The molecule has 1 saturated carbocycles. The van der Waals surface area contributed by atoms with E-state index in [9.17, 15) is 19.1 Å². The molecule has 30 heavy (non-hydrogen) atoms. The van der Waals surface area contributed by atoms with Gasteiger partial charge >= 0.3 is 12.0 Å². The normalized spacial score (nSPS) is 14.7. The van der Waals surface area contributed by atoms with Crippen molar-refractivity contribution < 1.29 is 19.1 Å². The predicted octanol–water partition coefficient (Wildman–Crippen LogP) is 6.12. The second-order valence-electron chi connectivity index (χ2n) is 7.69. The van der Waals surface area contributed by atoms with Gasteiger partial charge < -0.3 is 5.11 Å². The fourth-order valence-corrected chi connectivity index (χ4v) is 5.79. The van der Waals surface area contributed by atoms with Gasteiger partial charge in [0.25, 0.3) is 0 Å². The van der Waals surface area contributed by atoms with Crippen LogP contribution in [0.1, 0.15) is 39.5 Å². The second kappa shape index (κ2) is 9.53. The molecule has 0 atom stereocenters. The Morgan fingerprint density at radius 1 is 1.40 bits per heavy atom. The number of nitrogens with zero attached hydrogens (tertiary/aromatic N) is 2. The molecule has 0 saturated heterocycles. The predicted molar refractivity (Wildman–Crippen MR) is 119 cm³/mol. The number of hydrogen-bond acceptors (Lipinski definition) is 5. The number of thioether (sulfide) groups is 1. The highest BCUT2D eigenvalue weighted by molar-refractivity contribution is 8.03. The summed E-state index contributed by atoms with van der Waals surface area (Å²) < 4.78 is 13.2. The van der Waals surface area contributed by atoms with Crippen molar-refractivity contribution in [2.75, 3.05) is 16.8 Å². The van der Waals surface area contributed by atoms with E-state index in [1.165, 1.54) is 46.2 Å². The van der Waals surface area contributed by atoms with Crippen LogP contribution < -0.4 is 10.2 Å². The van der Waals surface area contributed by atoms with Gasteiger partial charge in [-0.1, -0.05) is 47.5 Å². The molecule has 162 valence electrons. The molecule has 2 aromatic rings. The maximum absolute atomic E-state index is 13.5. The van der Waals surface area contributed by atoms with Crippen LogP contribution in [0.15, 0.2) is 28.6 Å². The number of carboxylic acid groups (broad SMARTS) is 1. The van der Waals surface area contributed by atoms with E-state index in [1.807, 2.05) is 0 Å². The van der Waals surface area contributed by atoms with Gasteiger partial charge in [-0.2, -0.15) is 0 Å². The van der Waals surface area contributed by atoms with Crippen LogP contribution in [0.2, 0.25) is 5.02 Å². The number of carbonyl (C=O) groups excluding carboxylic acids is 1. The highest BCUT2D eigenvalue weighted by Gasteiger charge is 2.30. The average molecular weight is 472 g/mol. The number of aromatic nitrogens is 1. The summed E-state index contributed by atoms with van der Waals surface area (Å²) in [6.07, 6.45) is 5.87. The van der Waals surface area contributed by atoms with Crippen molar-refractivity contribution in [3.63, 3.8) is 0 Å². The number of halogens is 2. The van der Waals surface area contributed by atoms with E-state index < -0.39 is 22.6 Å². The van der Waals surface area contributed by atoms with Gasteiger partial charge in [-0.15, -0.1) is 0 Å². The number of urea groups is 1. The van der Waals surface area contributed by atoms with E-state index in [4.69, 9.17) is 11.6 Å². The minimum Gasteiger partial charge on any atom is -0.480 e. The second-order valence-corrected chi connectivity index (χ2v) is 11.0. The van der Waals surface area contributed by atoms with Crippen molar-refractivity contribution in [3.8, 4) is 0 Å². The third-order valence-electron chi connectivity index (χ3n) is 4.93. The standard InChI is InChI=1S/C20H23ClFN3O3S2/c1-20(2,17(26)27)30-16-10-23-18(29-16)24-19(28)25(11-12-5-3-4-6-12)15-8-7-13(22)9-14(15)21/h7-10,12H,3-6,11H2,1-2H3,(H,26,27)(H,23,24,28). The van der Waals surface area contributed by atoms with E-state index in [-0.39, 0.29) is 5.02 Å². The molecule has 2 N–H and O–H groups in total. The van der Waals surface area contributed by atoms with Crippen molar-refractivity contribution >= 4 is 57.5 Å². The van der Waals surface area contributed by atoms with Crippen molar-refractivity contribution in [2.45, 2.75) is 48.5 Å². The van der Waals surface area contributed by atoms with Crippen LogP contribution in [-0.4, -0.2) is 33.4 Å². The van der Waals surface area contributed by atoms with Crippen LogP contribution in [0.3, 0.4) is 0 Å². The highest BCUT2D eigenvalue weighted by Crippen LogP contribution is 2.38. The SMILES string of the molecule is CC(C)(Sc1cnc(NC(=O)N(CC2CCCC2)c2ccc(F)cc2Cl)s1)C(=O)O. The molecule has 0 spiro atoms. The Labute approximate surface area is 187 Å². The summed E-state index contributed by atoms with van der Waals surface area (Å²) in [7, 11) is 0. The first-order valence-electron chi connectivity index (χ1n) is 9.57. The van der Waals surface area contributed by atoms with Crippen LogP contribution in [0, 0.1) is 11.7 Å². The van der Waals surface area contributed by atoms with Crippen molar-refractivity contribution in [2.24, 2.45) is 5.92 Å². The molecule has 1 heterocycles. The molecule has 0 aliphatic heterocycles. The number of amides is 2. The summed E-state index contributed by atoms with van der Waals surface area (Å²) in [5, 5.41) is 12.6. The van der Waals surface area contributed by atoms with Gasteiger partial charge in [-0.25, -0.2) is 14.2 Å². The van der Waals surface area contributed by atoms with E-state index >= 15 is 0 Å². The Kier molecular flexibility index (Phi) is 7.26. The number of nitrogens with one attached hydrogen (secondary N) is 1. The number of carbonyl (C=O) groups is 2. The van der Waals surface area contributed by atoms with Crippen LogP contribution >= 0.6 is 34.7 Å². The molecule has 2 amide bonds. The zero-order valence-electron chi connectivity index (χ0n) is 16.7. The molecule has 1 fully saturated rings. The van der Waals surface area contributed by atoms with E-state index in [0.29, 0.717) is 27.5 Å². The molecule has 6 nitrogen and oxygen atoms in total. The van der Waals surface area contributed by atoms with Crippen molar-refractivity contribution in [1.29, 1.82) is 0 Å². The number of aliphatic carboxylic acids is 1. The average Bonchev–Trinajstić information content (AvgIpc) is 3.32. The number of anilines is 2. The summed E-state index contributed by atoms with van der Waals surface area (Å²) in [6, 6.07) is 3.57. The molecular weight excluding hydrogens is 449 g/mol. The quantitative estimate of drug-likeness (QED) is 0.475. The lowest BCUT2D eigenvalue weighted by molar-refractivity contribution is -0.138. The summed E-state index contributed by atoms with van der Waals surface area (Å²) in [6.45, 7) is 3.70. The van der Waals surface area contributed by atoms with E-state index in [2.05, 4.69) is 10.3 Å². The monoisotopic (exact) mass is 471 g/mol. The van der Waals surface area contributed by atoms with Gasteiger partial charge in [0.2, 0.25) is 0 Å². The zero-order valence-corrected chi connectivity index (χ0v) is 19.0. The largest absolute Gasteiger partial charge is 0.480 e. The van der Waals surface area contributed by atoms with Gasteiger partial charge in [-0.05, 0) is 50.8 Å². The zero-order chi connectivity index (χ0) is 21.9. The third kappa shape index (κ3) is 5.65. The van der Waals surface area contributed by atoms with Crippen LogP contribution in [0.25, 0.3) is 0 Å². The Balaban J connectivity index is 1.77. The van der Waals surface area contributed by atoms with Gasteiger partial charge in [0.15, 0.2) is 5.13 Å². The molecule has 1 aliphatic rings. The minimum atomic E-state index is -1.01. The maximum Gasteiger partial charge on any atom is 0.328 e. The summed E-state index contributed by atoms with van der Waals surface area (Å²) in [4.78, 5) is 30.1. The maximum atomic E-state index is 13.5. The lowest BCUT2D eigenvalue weighted by Gasteiger charge is -2.26. The van der Waals surface area contributed by atoms with Crippen molar-refractivity contribution in [1.82, 2.24) is 4.98 Å². The molecule has 0 radical (unpaired) electrons. The molecule has 0 bridgehead atoms. The van der Waals surface area contributed by atoms with Gasteiger partial charge in [0, 0.05) is 6.54 Å². The molecule has 1 aromatic heterocycles. The van der Waals surface area contributed by atoms with Crippen LogP contribution in [0.4, 0.5) is 20.0 Å². The number of carboxylic acids is 1. The Bertz CT molecular complexity index is 932. The number of benzene rings is 1. The topological polar surface area (TPSA) is 82.5 Å². The molecule has 1 aromatic carbocycles. The van der Waals surface area contributed by atoms with Crippen LogP contribution in [0.5, 0.6) is 0 Å². The summed E-state index contributed by atoms with van der Waals surface area (Å²) >= 11 is 8.60. The smallest absolute Gasteiger partial charge is 0.328 e. The fourth-order valence-electron chi connectivity index (χ4n) is 3.26. The molecule has 1 aliphatic carbocycles. The first-order valence-corrected chi connectivity index (χ1v) is 11.6. The summed E-state index contributed by atoms with van der Waals surface area (Å²) in [5.74, 6) is -1.04. The fraction of sp³-hybridized carbons (Fsp3) is 0.450. The Hall–Kier alpha value is -1.84. The molecule has 3 rings (SSSR count). The van der Waals surface area contributed by atoms with Crippen LogP contribution in [-0.2, 0) is 4.79 Å². The lowest BCUT2D eigenvalue weighted by Crippen LogP contribution is -2.38. The van der Waals surface area contributed by atoms with Gasteiger partial charge in [0.05, 0.1) is 21.1 Å². The third-order valence-corrected chi connectivity index (χ3v) is 7.43. The van der Waals surface area contributed by atoms with Crippen molar-refractivity contribution in [3.05, 3.63) is 35.2 Å². The van der Waals surface area contributed by atoms with E-state index in [1.54, 1.807) is 20.0 Å². The van der Waals surface area contributed by atoms with E-state index in [0.717, 1.165) is 25.7 Å². The number of thiazole rings is 1. The number of hydrogen-bond donors (Lipinski definition) is 2. The number of rotatable bonds is 7.